The second-order valence-electron chi connectivity index (χ2n) is 7.04. The molecule has 0 saturated heterocycles. The Morgan fingerprint density at radius 2 is 1.94 bits per heavy atom. The number of quaternary nitrogens is 1. The molecule has 182 valence electrons. The van der Waals surface area contributed by atoms with Gasteiger partial charge in [-0.3, -0.25) is 9.63 Å². The van der Waals surface area contributed by atoms with Crippen LogP contribution in [0.3, 0.4) is 0 Å². The number of carbonyl (C=O) groups is 2. The molecule has 1 unspecified atom stereocenters. The van der Waals surface area contributed by atoms with Gasteiger partial charge in [0.05, 0.1) is 22.9 Å². The average Bonchev–Trinajstić information content (AvgIpc) is 3.15. The van der Waals surface area contributed by atoms with Crippen LogP contribution in [0.5, 0.6) is 11.5 Å². The molecule has 14 heteroatoms. The SMILES string of the molecule is C[N+]1(OC(=O)C(F)(F)F)C=CN=C1C(=O)NCc1ccc(Cl)c(Oc2cc(Cl)cc(C#N)c2)c1F. The van der Waals surface area contributed by atoms with E-state index in [-0.39, 0.29) is 26.9 Å². The fraction of sp³-hybridized carbons (Fsp3) is 0.143. The maximum atomic E-state index is 15.1. The van der Waals surface area contributed by atoms with Crippen LogP contribution in [0.25, 0.3) is 0 Å². The minimum absolute atomic E-state index is 0.0296. The summed E-state index contributed by atoms with van der Waals surface area (Å²) in [5, 5.41) is 11.4. The van der Waals surface area contributed by atoms with Crippen molar-refractivity contribution in [3.8, 4) is 17.6 Å². The first-order valence-corrected chi connectivity index (χ1v) is 10.2. The number of nitrogens with one attached hydrogen (secondary N) is 1. The maximum absolute atomic E-state index is 15.1. The Hall–Kier alpha value is -3.66. The molecule has 0 bridgehead atoms. The Bertz CT molecular complexity index is 1310. The van der Waals surface area contributed by atoms with Gasteiger partial charge >= 0.3 is 23.9 Å². The Kier molecular flexibility index (Phi) is 7.35. The number of hydrogen-bond acceptors (Lipinski definition) is 6. The quantitative estimate of drug-likeness (QED) is 0.427. The number of nitriles is 1. The zero-order chi connectivity index (χ0) is 26.0. The molecule has 0 spiro atoms. The number of hydroxylamine groups is 3. The first-order valence-electron chi connectivity index (χ1n) is 9.40. The third-order valence-corrected chi connectivity index (χ3v) is 4.98. The lowest BCUT2D eigenvalue weighted by atomic mass is 10.2. The van der Waals surface area contributed by atoms with E-state index in [1.807, 2.05) is 6.07 Å². The Morgan fingerprint density at radius 1 is 1.23 bits per heavy atom. The summed E-state index contributed by atoms with van der Waals surface area (Å²) < 4.78 is 56.9. The molecule has 1 heterocycles. The lowest BCUT2D eigenvalue weighted by Crippen LogP contribution is -2.52. The van der Waals surface area contributed by atoms with Crippen LogP contribution in [0.15, 0.2) is 47.7 Å². The van der Waals surface area contributed by atoms with Crippen molar-refractivity contribution in [2.75, 3.05) is 7.05 Å². The first kappa shape index (κ1) is 26.0. The molecule has 1 atom stereocenters. The van der Waals surface area contributed by atoms with Crippen molar-refractivity contribution in [2.24, 2.45) is 4.99 Å². The molecular weight excluding hydrogens is 519 g/mol. The van der Waals surface area contributed by atoms with Gasteiger partial charge in [-0.1, -0.05) is 33.9 Å². The van der Waals surface area contributed by atoms with E-state index in [1.54, 1.807) is 0 Å². The van der Waals surface area contributed by atoms with Gasteiger partial charge in [0.25, 0.3) is 0 Å². The molecule has 1 N–H and O–H groups in total. The molecule has 0 aromatic heterocycles. The number of rotatable bonds is 6. The lowest BCUT2D eigenvalue weighted by Gasteiger charge is -2.23. The third kappa shape index (κ3) is 5.89. The second-order valence-corrected chi connectivity index (χ2v) is 7.88. The molecule has 0 radical (unpaired) electrons. The molecule has 0 fully saturated rings. The van der Waals surface area contributed by atoms with Crippen molar-refractivity contribution in [3.05, 3.63) is 69.7 Å². The van der Waals surface area contributed by atoms with Crippen molar-refractivity contribution in [3.63, 3.8) is 0 Å². The minimum Gasteiger partial charge on any atom is -0.453 e. The van der Waals surface area contributed by atoms with Crippen LogP contribution >= 0.6 is 23.2 Å². The smallest absolute Gasteiger partial charge is 0.453 e. The van der Waals surface area contributed by atoms with E-state index in [4.69, 9.17) is 33.2 Å². The highest BCUT2D eigenvalue weighted by molar-refractivity contribution is 6.35. The summed E-state index contributed by atoms with van der Waals surface area (Å²) in [5.74, 6) is -5.50. The molecule has 3 rings (SSSR count). The number of nitrogens with zero attached hydrogens (tertiary/aromatic N) is 3. The molecular formula is C21H13Cl2F4N4O4+. The van der Waals surface area contributed by atoms with Crippen LogP contribution in [0.4, 0.5) is 17.6 Å². The number of aliphatic imine (C=N–C) groups is 1. The molecule has 0 saturated carbocycles. The van der Waals surface area contributed by atoms with Gasteiger partial charge in [-0.25, -0.2) is 9.18 Å². The third-order valence-electron chi connectivity index (χ3n) is 4.46. The summed E-state index contributed by atoms with van der Waals surface area (Å²) >= 11 is 11.9. The van der Waals surface area contributed by atoms with E-state index < -0.39 is 46.6 Å². The topological polar surface area (TPSA) is 101 Å². The number of benzene rings is 2. The zero-order valence-electron chi connectivity index (χ0n) is 17.5. The van der Waals surface area contributed by atoms with Gasteiger partial charge in [0, 0.05) is 17.1 Å². The first-order chi connectivity index (χ1) is 16.3. The summed E-state index contributed by atoms with van der Waals surface area (Å²) in [4.78, 5) is 31.7. The summed E-state index contributed by atoms with van der Waals surface area (Å²) in [5.41, 5.74) is 0.0547. The largest absolute Gasteiger partial charge is 0.497 e. The fourth-order valence-corrected chi connectivity index (χ4v) is 3.25. The molecule has 1 aliphatic rings. The highest BCUT2D eigenvalue weighted by atomic mass is 35.5. The van der Waals surface area contributed by atoms with E-state index in [0.717, 1.165) is 19.4 Å². The van der Waals surface area contributed by atoms with E-state index in [0.29, 0.717) is 0 Å². The zero-order valence-corrected chi connectivity index (χ0v) is 19.0. The van der Waals surface area contributed by atoms with E-state index in [2.05, 4.69) is 15.1 Å². The van der Waals surface area contributed by atoms with E-state index in [9.17, 15) is 22.8 Å². The summed E-state index contributed by atoms with van der Waals surface area (Å²) in [6, 6.07) is 8.42. The standard InChI is InChI=1S/C21H12Cl2F4N4O4/c1-31(35-20(33)21(25,26)27)5-4-29-18(31)19(32)30-10-12-2-3-15(23)17(16(12)24)34-14-7-11(9-28)6-13(22)8-14/h2-8H,10H2,1H3/p+1. The number of amidine groups is 1. The van der Waals surface area contributed by atoms with Crippen LogP contribution in [-0.2, 0) is 21.0 Å². The van der Waals surface area contributed by atoms with Crippen LogP contribution in [0.1, 0.15) is 11.1 Å². The van der Waals surface area contributed by atoms with Crippen LogP contribution in [0.2, 0.25) is 10.0 Å². The summed E-state index contributed by atoms with van der Waals surface area (Å²) in [7, 11) is 0.987. The molecule has 1 amide bonds. The monoisotopic (exact) mass is 531 g/mol. The van der Waals surface area contributed by atoms with E-state index >= 15 is 4.39 Å². The molecule has 1 aliphatic heterocycles. The average molecular weight is 532 g/mol. The Morgan fingerprint density at radius 3 is 2.60 bits per heavy atom. The lowest BCUT2D eigenvalue weighted by molar-refractivity contribution is -0.956. The maximum Gasteiger partial charge on any atom is 0.497 e. The molecule has 35 heavy (non-hydrogen) atoms. The number of ether oxygens (including phenoxy) is 1. The van der Waals surface area contributed by atoms with Gasteiger partial charge in [0.1, 0.15) is 12.8 Å². The fourth-order valence-electron chi connectivity index (χ4n) is 2.84. The van der Waals surface area contributed by atoms with Gasteiger partial charge in [-0.05, 0) is 24.3 Å². The van der Waals surface area contributed by atoms with Gasteiger partial charge in [0.15, 0.2) is 17.8 Å². The van der Waals surface area contributed by atoms with Crippen molar-refractivity contribution in [1.82, 2.24) is 5.32 Å². The van der Waals surface area contributed by atoms with Crippen LogP contribution in [-0.4, -0.2) is 35.6 Å². The van der Waals surface area contributed by atoms with Gasteiger partial charge in [-0.15, -0.1) is 0 Å². The summed E-state index contributed by atoms with van der Waals surface area (Å²) in [6.07, 6.45) is -3.37. The van der Waals surface area contributed by atoms with Crippen molar-refractivity contribution < 1.29 is 41.4 Å². The van der Waals surface area contributed by atoms with Gasteiger partial charge in [-0.2, -0.15) is 23.4 Å². The number of alkyl halides is 3. The van der Waals surface area contributed by atoms with Crippen LogP contribution in [0, 0.1) is 17.1 Å². The summed E-state index contributed by atoms with van der Waals surface area (Å²) in [6.45, 7) is -0.455. The molecule has 8 nitrogen and oxygen atoms in total. The predicted octanol–water partition coefficient (Wildman–Crippen LogP) is 4.76. The molecule has 2 aromatic rings. The highest BCUT2D eigenvalue weighted by Gasteiger charge is 2.50. The normalized spacial score (nSPS) is 16.9. The number of hydrogen-bond donors (Lipinski definition) is 1. The van der Waals surface area contributed by atoms with Crippen molar-refractivity contribution in [2.45, 2.75) is 12.7 Å². The number of carbonyl (C=O) groups excluding carboxylic acids is 2. The molecule has 2 aromatic carbocycles. The number of halogens is 6. The number of likely N-dealkylation sites (N-methyl/N-ethyl adjacent to an activating group) is 1. The van der Waals surface area contributed by atoms with Gasteiger partial charge in [0.2, 0.25) is 0 Å². The molecule has 0 aliphatic carbocycles. The predicted molar refractivity (Wildman–Crippen MR) is 114 cm³/mol. The van der Waals surface area contributed by atoms with Crippen molar-refractivity contribution >= 4 is 40.9 Å². The van der Waals surface area contributed by atoms with E-state index in [1.165, 1.54) is 30.3 Å². The Labute approximate surface area is 205 Å². The van der Waals surface area contributed by atoms with Gasteiger partial charge < -0.3 is 10.1 Å². The van der Waals surface area contributed by atoms with Crippen LogP contribution < -0.4 is 10.1 Å². The van der Waals surface area contributed by atoms with Crippen molar-refractivity contribution in [1.29, 1.82) is 5.26 Å². The minimum atomic E-state index is -5.29. The second kappa shape index (κ2) is 9.91. The number of amides is 1. The Balaban J connectivity index is 1.76. The highest BCUT2D eigenvalue weighted by Crippen LogP contribution is 2.35.